The number of alkyl halides is 3. The molecule has 23 heavy (non-hydrogen) atoms. The van der Waals surface area contributed by atoms with E-state index in [1.54, 1.807) is 30.3 Å². The molecule has 0 aliphatic heterocycles. The van der Waals surface area contributed by atoms with E-state index in [0.717, 1.165) is 17.3 Å². The average Bonchev–Trinajstić information content (AvgIpc) is 2.45. The number of thioether (sulfide) groups is 1. The van der Waals surface area contributed by atoms with Gasteiger partial charge in [0.2, 0.25) is 0 Å². The molecule has 0 saturated heterocycles. The molecule has 0 aliphatic rings. The minimum absolute atomic E-state index is 0.230. The quantitative estimate of drug-likeness (QED) is 0.626. The Morgan fingerprint density at radius 1 is 1.26 bits per heavy atom. The molecule has 2 rings (SSSR count). The van der Waals surface area contributed by atoms with Crippen LogP contribution in [-0.4, -0.2) is 16.2 Å². The van der Waals surface area contributed by atoms with Gasteiger partial charge in [0.1, 0.15) is 10.6 Å². The zero-order valence-electron chi connectivity index (χ0n) is 11.4. The summed E-state index contributed by atoms with van der Waals surface area (Å²) >= 11 is 0.797. The maximum atomic E-state index is 14.1. The Bertz CT molecular complexity index is 708. The standard InChI is InChI=1S/C14H10F4N2O2S/c15-11-10(14(16,17)18)9(20-13(21)22)6-19-12(11)23-7-8-4-2-1-3-5-8/h1-6,20H,7H2,(H,21,22). The fourth-order valence-electron chi connectivity index (χ4n) is 1.78. The van der Waals surface area contributed by atoms with Crippen molar-refractivity contribution in [3.05, 3.63) is 53.5 Å². The maximum absolute atomic E-state index is 14.1. The highest BCUT2D eigenvalue weighted by molar-refractivity contribution is 7.98. The number of benzene rings is 1. The molecule has 1 aromatic carbocycles. The van der Waals surface area contributed by atoms with Crippen molar-refractivity contribution in [1.29, 1.82) is 0 Å². The number of aromatic nitrogens is 1. The summed E-state index contributed by atoms with van der Waals surface area (Å²) in [6, 6.07) is 8.77. The van der Waals surface area contributed by atoms with E-state index in [1.807, 2.05) is 0 Å². The van der Waals surface area contributed by atoms with Gasteiger partial charge in [-0.2, -0.15) is 13.2 Å². The fraction of sp³-hybridized carbons (Fsp3) is 0.143. The van der Waals surface area contributed by atoms with Gasteiger partial charge in [-0.25, -0.2) is 14.2 Å². The van der Waals surface area contributed by atoms with E-state index in [9.17, 15) is 22.4 Å². The molecule has 2 aromatic rings. The van der Waals surface area contributed by atoms with Gasteiger partial charge in [0.05, 0.1) is 11.9 Å². The molecule has 1 heterocycles. The van der Waals surface area contributed by atoms with Crippen molar-refractivity contribution in [3.8, 4) is 0 Å². The SMILES string of the molecule is O=C(O)Nc1cnc(SCc2ccccc2)c(F)c1C(F)(F)F. The predicted molar refractivity (Wildman–Crippen MR) is 76.8 cm³/mol. The first kappa shape index (κ1) is 17.1. The molecule has 0 radical (unpaired) electrons. The second kappa shape index (κ2) is 6.86. The van der Waals surface area contributed by atoms with Gasteiger partial charge >= 0.3 is 12.3 Å². The van der Waals surface area contributed by atoms with E-state index in [4.69, 9.17) is 5.11 Å². The smallest absolute Gasteiger partial charge is 0.421 e. The Hall–Kier alpha value is -2.29. The first-order valence-corrected chi connectivity index (χ1v) is 7.20. The van der Waals surface area contributed by atoms with E-state index in [2.05, 4.69) is 4.98 Å². The van der Waals surface area contributed by atoms with Crippen molar-refractivity contribution in [2.75, 3.05) is 5.32 Å². The summed E-state index contributed by atoms with van der Waals surface area (Å²) in [7, 11) is 0. The third kappa shape index (κ3) is 4.35. The molecule has 0 saturated carbocycles. The average molecular weight is 346 g/mol. The van der Waals surface area contributed by atoms with Gasteiger partial charge in [-0.1, -0.05) is 42.1 Å². The second-order valence-electron chi connectivity index (χ2n) is 4.37. The summed E-state index contributed by atoms with van der Waals surface area (Å²) in [6.07, 6.45) is -6.12. The number of carboxylic acid groups (broad SMARTS) is 1. The number of amides is 1. The number of nitrogens with one attached hydrogen (secondary N) is 1. The molecular weight excluding hydrogens is 336 g/mol. The van der Waals surface area contributed by atoms with Gasteiger partial charge in [0, 0.05) is 5.75 Å². The molecular formula is C14H10F4N2O2S. The first-order valence-electron chi connectivity index (χ1n) is 6.21. The summed E-state index contributed by atoms with van der Waals surface area (Å²) in [6.45, 7) is 0. The van der Waals surface area contributed by atoms with E-state index in [1.165, 1.54) is 5.32 Å². The van der Waals surface area contributed by atoms with Gasteiger partial charge < -0.3 is 5.11 Å². The Morgan fingerprint density at radius 3 is 2.48 bits per heavy atom. The highest BCUT2D eigenvalue weighted by atomic mass is 32.2. The lowest BCUT2D eigenvalue weighted by Gasteiger charge is -2.15. The van der Waals surface area contributed by atoms with Crippen molar-refractivity contribution in [2.45, 2.75) is 17.0 Å². The molecule has 0 aliphatic carbocycles. The molecule has 9 heteroatoms. The summed E-state index contributed by atoms with van der Waals surface area (Å²) in [5, 5.41) is 9.59. The molecule has 4 nitrogen and oxygen atoms in total. The number of nitrogens with zero attached hydrogens (tertiary/aromatic N) is 1. The highest BCUT2D eigenvalue weighted by Gasteiger charge is 2.39. The van der Waals surface area contributed by atoms with Crippen LogP contribution in [0.4, 0.5) is 28.0 Å². The number of carbonyl (C=O) groups is 1. The van der Waals surface area contributed by atoms with Gasteiger partial charge in [-0.05, 0) is 5.56 Å². The molecule has 0 atom stereocenters. The minimum atomic E-state index is -5.05. The second-order valence-corrected chi connectivity index (χ2v) is 5.33. The van der Waals surface area contributed by atoms with E-state index < -0.39 is 34.4 Å². The number of halogens is 4. The molecule has 0 unspecified atom stereocenters. The molecule has 0 bridgehead atoms. The Morgan fingerprint density at radius 2 is 1.91 bits per heavy atom. The van der Waals surface area contributed by atoms with E-state index >= 15 is 0 Å². The lowest BCUT2D eigenvalue weighted by molar-refractivity contribution is -0.139. The largest absolute Gasteiger partial charge is 0.465 e. The maximum Gasteiger partial charge on any atom is 0.421 e. The number of hydrogen-bond acceptors (Lipinski definition) is 3. The Balaban J connectivity index is 2.33. The van der Waals surface area contributed by atoms with Crippen molar-refractivity contribution < 1.29 is 27.5 Å². The van der Waals surface area contributed by atoms with Crippen molar-refractivity contribution in [2.24, 2.45) is 0 Å². The van der Waals surface area contributed by atoms with E-state index in [-0.39, 0.29) is 5.75 Å². The van der Waals surface area contributed by atoms with Crippen molar-refractivity contribution >= 4 is 23.5 Å². The van der Waals surface area contributed by atoms with Crippen LogP contribution >= 0.6 is 11.8 Å². The lowest BCUT2D eigenvalue weighted by Crippen LogP contribution is -2.17. The van der Waals surface area contributed by atoms with Crippen LogP contribution in [0.5, 0.6) is 0 Å². The molecule has 1 amide bonds. The fourth-order valence-corrected chi connectivity index (χ4v) is 2.64. The Labute approximate surface area is 132 Å². The summed E-state index contributed by atoms with van der Waals surface area (Å²) in [5.41, 5.74) is -1.82. The third-order valence-corrected chi connectivity index (χ3v) is 3.77. The van der Waals surface area contributed by atoms with Crippen LogP contribution in [0.2, 0.25) is 0 Å². The third-order valence-electron chi connectivity index (χ3n) is 2.73. The zero-order chi connectivity index (χ0) is 17.0. The number of pyridine rings is 1. The van der Waals surface area contributed by atoms with Crippen LogP contribution in [0.25, 0.3) is 0 Å². The molecule has 2 N–H and O–H groups in total. The monoisotopic (exact) mass is 346 g/mol. The topological polar surface area (TPSA) is 62.2 Å². The number of rotatable bonds is 4. The van der Waals surface area contributed by atoms with Crippen LogP contribution in [-0.2, 0) is 11.9 Å². The minimum Gasteiger partial charge on any atom is -0.465 e. The molecule has 0 fully saturated rings. The van der Waals surface area contributed by atoms with Crippen LogP contribution < -0.4 is 5.32 Å². The molecule has 122 valence electrons. The molecule has 1 aromatic heterocycles. The first-order chi connectivity index (χ1) is 10.8. The number of hydrogen-bond donors (Lipinski definition) is 2. The molecule has 0 spiro atoms. The number of anilines is 1. The van der Waals surface area contributed by atoms with Crippen molar-refractivity contribution in [3.63, 3.8) is 0 Å². The van der Waals surface area contributed by atoms with Crippen LogP contribution in [0.1, 0.15) is 11.1 Å². The van der Waals surface area contributed by atoms with Crippen molar-refractivity contribution in [1.82, 2.24) is 4.98 Å². The van der Waals surface area contributed by atoms with Gasteiger partial charge in [-0.15, -0.1) is 0 Å². The van der Waals surface area contributed by atoms with E-state index in [0.29, 0.717) is 6.20 Å². The Kier molecular flexibility index (Phi) is 5.09. The summed E-state index contributed by atoms with van der Waals surface area (Å²) < 4.78 is 53.1. The highest BCUT2D eigenvalue weighted by Crippen LogP contribution is 2.39. The van der Waals surface area contributed by atoms with Crippen LogP contribution in [0.3, 0.4) is 0 Å². The van der Waals surface area contributed by atoms with Crippen LogP contribution in [0, 0.1) is 5.82 Å². The van der Waals surface area contributed by atoms with Crippen LogP contribution in [0.15, 0.2) is 41.6 Å². The van der Waals surface area contributed by atoms with Gasteiger partial charge in [0.15, 0.2) is 5.82 Å². The normalized spacial score (nSPS) is 11.3. The summed E-state index contributed by atoms with van der Waals surface area (Å²) in [4.78, 5) is 14.1. The zero-order valence-corrected chi connectivity index (χ0v) is 12.2. The van der Waals surface area contributed by atoms with Gasteiger partial charge in [0.25, 0.3) is 0 Å². The summed E-state index contributed by atoms with van der Waals surface area (Å²) in [5.74, 6) is -1.36. The predicted octanol–water partition coefficient (Wildman–Crippen LogP) is 4.62. The lowest BCUT2D eigenvalue weighted by atomic mass is 10.2. The van der Waals surface area contributed by atoms with Gasteiger partial charge in [-0.3, -0.25) is 5.32 Å².